The minimum atomic E-state index is -0.135. The Labute approximate surface area is 63.2 Å². The second-order valence-corrected chi connectivity index (χ2v) is 2.88. The summed E-state index contributed by atoms with van der Waals surface area (Å²) < 4.78 is 5.40. The lowest BCUT2D eigenvalue weighted by atomic mass is 10.0. The molecule has 0 aromatic carbocycles. The van der Waals surface area contributed by atoms with Crippen LogP contribution in [0.25, 0.3) is 0 Å². The summed E-state index contributed by atoms with van der Waals surface area (Å²) in [6.07, 6.45) is 1.94. The van der Waals surface area contributed by atoms with E-state index < -0.39 is 0 Å². The first-order valence-electron chi connectivity index (χ1n) is 3.52. The molecule has 62 valence electrons. The van der Waals surface area contributed by atoms with Gasteiger partial charge in [-0.2, -0.15) is 0 Å². The lowest BCUT2D eigenvalue weighted by Gasteiger charge is -2.28. The van der Waals surface area contributed by atoms with E-state index in [0.29, 0.717) is 0 Å². The standard InChI is InChI=1S/C7H14O2.CH4/c1-5-3-7(8)4-6(2)9-5;/h5-8H,3-4H2,1-2H3;1H4/t5-,6+,7?;. The van der Waals surface area contributed by atoms with Crippen LogP contribution in [0.5, 0.6) is 0 Å². The molecular weight excluding hydrogens is 128 g/mol. The van der Waals surface area contributed by atoms with E-state index in [2.05, 4.69) is 0 Å². The molecule has 3 atom stereocenters. The van der Waals surface area contributed by atoms with E-state index in [-0.39, 0.29) is 25.7 Å². The maximum atomic E-state index is 9.17. The van der Waals surface area contributed by atoms with Crippen molar-refractivity contribution < 1.29 is 9.84 Å². The van der Waals surface area contributed by atoms with Crippen molar-refractivity contribution in [3.8, 4) is 0 Å². The molecule has 2 nitrogen and oxygen atoms in total. The van der Waals surface area contributed by atoms with E-state index in [1.165, 1.54) is 0 Å². The van der Waals surface area contributed by atoms with Crippen LogP contribution in [0.3, 0.4) is 0 Å². The summed E-state index contributed by atoms with van der Waals surface area (Å²) in [5, 5.41) is 9.17. The summed E-state index contributed by atoms with van der Waals surface area (Å²) in [6.45, 7) is 4.00. The van der Waals surface area contributed by atoms with Crippen LogP contribution >= 0.6 is 0 Å². The van der Waals surface area contributed by atoms with Crippen LogP contribution in [0.15, 0.2) is 0 Å². The van der Waals surface area contributed by atoms with Crippen LogP contribution < -0.4 is 0 Å². The van der Waals surface area contributed by atoms with Crippen LogP contribution in [0.1, 0.15) is 34.1 Å². The van der Waals surface area contributed by atoms with Gasteiger partial charge in [-0.15, -0.1) is 0 Å². The van der Waals surface area contributed by atoms with E-state index in [9.17, 15) is 5.11 Å². The zero-order valence-electron chi connectivity index (χ0n) is 6.00. The molecule has 0 aromatic heterocycles. The number of ether oxygens (including phenoxy) is 1. The first-order chi connectivity index (χ1) is 4.18. The molecule has 1 saturated heterocycles. The number of hydrogen-bond acceptors (Lipinski definition) is 2. The van der Waals surface area contributed by atoms with Crippen LogP contribution in [0, 0.1) is 0 Å². The highest BCUT2D eigenvalue weighted by Gasteiger charge is 2.21. The monoisotopic (exact) mass is 146 g/mol. The Kier molecular flexibility index (Phi) is 3.91. The van der Waals surface area contributed by atoms with Gasteiger partial charge in [-0.1, -0.05) is 7.43 Å². The van der Waals surface area contributed by atoms with Crippen molar-refractivity contribution in [1.29, 1.82) is 0 Å². The van der Waals surface area contributed by atoms with Crippen LogP contribution in [-0.4, -0.2) is 23.4 Å². The number of aliphatic hydroxyl groups excluding tert-OH is 1. The molecule has 0 spiro atoms. The van der Waals surface area contributed by atoms with E-state index >= 15 is 0 Å². The van der Waals surface area contributed by atoms with Crippen molar-refractivity contribution in [3.63, 3.8) is 0 Å². The first-order valence-corrected chi connectivity index (χ1v) is 3.52. The maximum absolute atomic E-state index is 9.17. The number of hydrogen-bond donors (Lipinski definition) is 1. The molecular formula is C8H18O2. The molecule has 10 heavy (non-hydrogen) atoms. The third-order valence-electron chi connectivity index (χ3n) is 1.67. The summed E-state index contributed by atoms with van der Waals surface area (Å²) in [4.78, 5) is 0. The highest BCUT2D eigenvalue weighted by Crippen LogP contribution is 2.18. The smallest absolute Gasteiger partial charge is 0.0589 e. The van der Waals surface area contributed by atoms with Crippen LogP contribution in [-0.2, 0) is 4.74 Å². The average Bonchev–Trinajstić information content (AvgIpc) is 1.59. The van der Waals surface area contributed by atoms with Crippen molar-refractivity contribution in [3.05, 3.63) is 0 Å². The minimum absolute atomic E-state index is 0. The first kappa shape index (κ1) is 9.92. The fourth-order valence-corrected chi connectivity index (χ4v) is 1.37. The minimum Gasteiger partial charge on any atom is -0.393 e. The molecule has 1 N–H and O–H groups in total. The summed E-state index contributed by atoms with van der Waals surface area (Å²) >= 11 is 0. The van der Waals surface area contributed by atoms with E-state index in [1.807, 2.05) is 13.8 Å². The molecule has 1 heterocycles. The van der Waals surface area contributed by atoms with Gasteiger partial charge >= 0.3 is 0 Å². The Morgan fingerprint density at radius 3 is 1.90 bits per heavy atom. The fraction of sp³-hybridized carbons (Fsp3) is 1.00. The van der Waals surface area contributed by atoms with Crippen LogP contribution in [0.2, 0.25) is 0 Å². The Balaban J connectivity index is 0.000000810. The molecule has 1 aliphatic heterocycles. The summed E-state index contributed by atoms with van der Waals surface area (Å²) in [7, 11) is 0. The van der Waals surface area contributed by atoms with Gasteiger partial charge in [0, 0.05) is 0 Å². The molecule has 1 rings (SSSR count). The predicted octanol–water partition coefficient (Wildman–Crippen LogP) is 1.57. The molecule has 0 aromatic rings. The van der Waals surface area contributed by atoms with Gasteiger partial charge in [0.05, 0.1) is 18.3 Å². The zero-order valence-corrected chi connectivity index (χ0v) is 6.00. The van der Waals surface area contributed by atoms with Crippen molar-refractivity contribution in [2.75, 3.05) is 0 Å². The Morgan fingerprint density at radius 2 is 1.60 bits per heavy atom. The van der Waals surface area contributed by atoms with Crippen molar-refractivity contribution in [2.45, 2.75) is 52.4 Å². The number of rotatable bonds is 0. The number of aliphatic hydroxyl groups is 1. The quantitative estimate of drug-likeness (QED) is 0.562. The third kappa shape index (κ3) is 2.67. The van der Waals surface area contributed by atoms with Gasteiger partial charge in [0.2, 0.25) is 0 Å². The van der Waals surface area contributed by atoms with Gasteiger partial charge < -0.3 is 9.84 Å². The highest BCUT2D eigenvalue weighted by atomic mass is 16.5. The molecule has 0 bridgehead atoms. The normalized spacial score (nSPS) is 40.5. The third-order valence-corrected chi connectivity index (χ3v) is 1.67. The summed E-state index contributed by atoms with van der Waals surface area (Å²) in [5.41, 5.74) is 0. The van der Waals surface area contributed by atoms with Gasteiger partial charge in [0.1, 0.15) is 0 Å². The molecule has 1 aliphatic rings. The largest absolute Gasteiger partial charge is 0.393 e. The Bertz CT molecular complexity index is 68.2. The second kappa shape index (κ2) is 3.94. The maximum Gasteiger partial charge on any atom is 0.0589 e. The summed E-state index contributed by atoms with van der Waals surface area (Å²) in [6, 6.07) is 0. The van der Waals surface area contributed by atoms with Crippen molar-refractivity contribution >= 4 is 0 Å². The average molecular weight is 146 g/mol. The van der Waals surface area contributed by atoms with Gasteiger partial charge in [0.25, 0.3) is 0 Å². The van der Waals surface area contributed by atoms with Crippen molar-refractivity contribution in [1.82, 2.24) is 0 Å². The molecule has 1 unspecified atom stereocenters. The van der Waals surface area contributed by atoms with E-state index in [0.717, 1.165) is 12.8 Å². The molecule has 0 amide bonds. The predicted molar refractivity (Wildman–Crippen MR) is 42.0 cm³/mol. The van der Waals surface area contributed by atoms with Gasteiger partial charge in [-0.05, 0) is 26.7 Å². The molecule has 0 saturated carbocycles. The lowest BCUT2D eigenvalue weighted by Crippen LogP contribution is -2.32. The fourth-order valence-electron chi connectivity index (χ4n) is 1.37. The topological polar surface area (TPSA) is 29.5 Å². The Hall–Kier alpha value is -0.0800. The second-order valence-electron chi connectivity index (χ2n) is 2.88. The van der Waals surface area contributed by atoms with Gasteiger partial charge in [-0.25, -0.2) is 0 Å². The SMILES string of the molecule is C.C[C@@H]1CC(O)C[C@H](C)O1. The Morgan fingerprint density at radius 1 is 1.20 bits per heavy atom. The zero-order chi connectivity index (χ0) is 6.85. The van der Waals surface area contributed by atoms with E-state index in [4.69, 9.17) is 4.74 Å². The highest BCUT2D eigenvalue weighted by molar-refractivity contribution is 4.71. The van der Waals surface area contributed by atoms with E-state index in [1.54, 1.807) is 0 Å². The lowest BCUT2D eigenvalue weighted by molar-refractivity contribution is -0.0791. The molecule has 0 aliphatic carbocycles. The summed E-state index contributed by atoms with van der Waals surface area (Å²) in [5.74, 6) is 0. The van der Waals surface area contributed by atoms with Gasteiger partial charge in [0.15, 0.2) is 0 Å². The molecule has 1 fully saturated rings. The van der Waals surface area contributed by atoms with Crippen molar-refractivity contribution in [2.24, 2.45) is 0 Å². The van der Waals surface area contributed by atoms with Crippen LogP contribution in [0.4, 0.5) is 0 Å². The van der Waals surface area contributed by atoms with Gasteiger partial charge in [-0.3, -0.25) is 0 Å². The molecule has 0 radical (unpaired) electrons. The molecule has 2 heteroatoms.